The van der Waals surface area contributed by atoms with Gasteiger partial charge in [0, 0.05) is 0 Å². The lowest BCUT2D eigenvalue weighted by Crippen LogP contribution is -2.28. The maximum Gasteiger partial charge on any atom is 0.404 e. The quantitative estimate of drug-likeness (QED) is 0.607. The van der Waals surface area contributed by atoms with Crippen LogP contribution in [0, 0.1) is 0 Å². The third-order valence-corrected chi connectivity index (χ3v) is 2.90. The molecular weight excluding hydrogens is 329 g/mol. The van der Waals surface area contributed by atoms with Crippen LogP contribution >= 0.6 is 15.9 Å². The summed E-state index contributed by atoms with van der Waals surface area (Å²) in [5.41, 5.74) is 0.320. The summed E-state index contributed by atoms with van der Waals surface area (Å²) >= 11 is 2.49. The highest BCUT2D eigenvalue weighted by atomic mass is 79.9. The largest absolute Gasteiger partial charge is 0.492 e. The topological polar surface area (TPSA) is 35.5 Å². The van der Waals surface area contributed by atoms with E-state index in [9.17, 15) is 18.0 Å². The predicted molar refractivity (Wildman–Crippen MR) is 66.7 cm³/mol. The molecule has 0 aliphatic rings. The van der Waals surface area contributed by atoms with Crippen molar-refractivity contribution >= 4 is 21.9 Å². The van der Waals surface area contributed by atoms with Gasteiger partial charge in [-0.1, -0.05) is 15.9 Å². The van der Waals surface area contributed by atoms with Crippen molar-refractivity contribution in [1.29, 1.82) is 0 Å². The van der Waals surface area contributed by atoms with Gasteiger partial charge in [-0.15, -0.1) is 0 Å². The smallest absolute Gasteiger partial charge is 0.404 e. The Morgan fingerprint density at radius 3 is 2.37 bits per heavy atom. The zero-order valence-corrected chi connectivity index (χ0v) is 11.6. The van der Waals surface area contributed by atoms with Gasteiger partial charge in [-0.2, -0.15) is 13.2 Å². The van der Waals surface area contributed by atoms with Gasteiger partial charge in [0.1, 0.15) is 17.2 Å². The highest BCUT2D eigenvalue weighted by molar-refractivity contribution is 9.09. The van der Waals surface area contributed by atoms with Crippen molar-refractivity contribution in [3.05, 3.63) is 29.8 Å². The molecule has 0 aliphatic carbocycles. The summed E-state index contributed by atoms with van der Waals surface area (Å²) in [6.07, 6.45) is -4.36. The molecule has 0 radical (unpaired) electrons. The van der Waals surface area contributed by atoms with Gasteiger partial charge >= 0.3 is 12.1 Å². The first-order chi connectivity index (χ1) is 8.84. The fourth-order valence-corrected chi connectivity index (χ4v) is 1.30. The van der Waals surface area contributed by atoms with Gasteiger partial charge in [-0.05, 0) is 31.2 Å². The molecule has 19 heavy (non-hydrogen) atoms. The van der Waals surface area contributed by atoms with Crippen LogP contribution in [0.5, 0.6) is 5.75 Å². The number of ether oxygens (including phenoxy) is 2. The summed E-state index contributed by atoms with van der Waals surface area (Å²) in [7, 11) is 0. The average Bonchev–Trinajstić information content (AvgIpc) is 2.35. The molecule has 0 heterocycles. The molecule has 0 amide bonds. The number of esters is 1. The van der Waals surface area contributed by atoms with Crippen molar-refractivity contribution in [2.45, 2.75) is 17.9 Å². The second-order valence-corrected chi connectivity index (χ2v) is 4.67. The summed E-state index contributed by atoms with van der Waals surface area (Å²) in [4.78, 5) is 9.60. The van der Waals surface area contributed by atoms with Crippen LogP contribution in [0.25, 0.3) is 0 Å². The molecule has 3 nitrogen and oxygen atoms in total. The first-order valence-corrected chi connectivity index (χ1v) is 6.37. The molecular formula is C12H12BrF3O3. The van der Waals surface area contributed by atoms with Crippen LogP contribution in [0.1, 0.15) is 17.3 Å². The second-order valence-electron chi connectivity index (χ2n) is 3.57. The number of carbonyl (C=O) groups is 1. The zero-order valence-electron chi connectivity index (χ0n) is 10.0. The number of halogens is 4. The van der Waals surface area contributed by atoms with Crippen LogP contribution in [-0.2, 0) is 4.74 Å². The lowest BCUT2D eigenvalue weighted by molar-refractivity contribution is -0.132. The summed E-state index contributed by atoms with van der Waals surface area (Å²) in [5, 5.41) is 0. The number of carbonyl (C=O) groups excluding carboxylic acids is 1. The minimum Gasteiger partial charge on any atom is -0.492 e. The summed E-state index contributed by atoms with van der Waals surface area (Å²) in [6.45, 7) is 1.40. The highest BCUT2D eigenvalue weighted by Crippen LogP contribution is 2.27. The Morgan fingerprint density at radius 1 is 1.32 bits per heavy atom. The Morgan fingerprint density at radius 2 is 1.89 bits per heavy atom. The molecule has 0 N–H and O–H groups in total. The highest BCUT2D eigenvalue weighted by Gasteiger charge is 2.38. The van der Waals surface area contributed by atoms with Crippen molar-refractivity contribution in [2.24, 2.45) is 0 Å². The van der Waals surface area contributed by atoms with Gasteiger partial charge in [-0.3, -0.25) is 0 Å². The Kier molecular flexibility index (Phi) is 5.65. The van der Waals surface area contributed by atoms with Crippen molar-refractivity contribution in [1.82, 2.24) is 0 Å². The summed E-state index contributed by atoms with van der Waals surface area (Å²) in [6, 6.07) is 5.71. The Hall–Kier alpha value is -1.24. The van der Waals surface area contributed by atoms with E-state index in [0.717, 1.165) is 0 Å². The molecule has 7 heteroatoms. The van der Waals surface area contributed by atoms with Gasteiger partial charge in [-0.25, -0.2) is 4.79 Å². The van der Waals surface area contributed by atoms with E-state index in [2.05, 4.69) is 15.9 Å². The van der Waals surface area contributed by atoms with Crippen LogP contribution in [0.4, 0.5) is 13.2 Å². The number of alkyl halides is 4. The zero-order chi connectivity index (χ0) is 14.5. The molecule has 0 saturated carbocycles. The fraction of sp³-hybridized carbons (Fsp3) is 0.417. The van der Waals surface area contributed by atoms with E-state index >= 15 is 0 Å². The SMILES string of the molecule is CCOC(=O)c1ccc(OCC(Br)C(F)(F)F)cc1. The van der Waals surface area contributed by atoms with Gasteiger partial charge in [0.2, 0.25) is 0 Å². The van der Waals surface area contributed by atoms with Gasteiger partial charge in [0.25, 0.3) is 0 Å². The van der Waals surface area contributed by atoms with Crippen molar-refractivity contribution < 1.29 is 27.4 Å². The molecule has 1 rings (SSSR count). The fourth-order valence-electron chi connectivity index (χ4n) is 1.17. The first-order valence-electron chi connectivity index (χ1n) is 5.45. The van der Waals surface area contributed by atoms with E-state index in [1.54, 1.807) is 6.92 Å². The van der Waals surface area contributed by atoms with Crippen molar-refractivity contribution in [2.75, 3.05) is 13.2 Å². The van der Waals surface area contributed by atoms with Gasteiger partial charge < -0.3 is 9.47 Å². The monoisotopic (exact) mass is 340 g/mol. The number of hydrogen-bond donors (Lipinski definition) is 0. The van der Waals surface area contributed by atoms with E-state index in [0.29, 0.717) is 5.56 Å². The number of benzene rings is 1. The van der Waals surface area contributed by atoms with Gasteiger partial charge in [0.05, 0.1) is 12.2 Å². The van der Waals surface area contributed by atoms with Crippen LogP contribution in [0.3, 0.4) is 0 Å². The summed E-state index contributed by atoms with van der Waals surface area (Å²) in [5.74, 6) is -0.232. The molecule has 0 saturated heterocycles. The third kappa shape index (κ3) is 5.10. The molecule has 1 aromatic carbocycles. The minimum atomic E-state index is -4.36. The van der Waals surface area contributed by atoms with Crippen LogP contribution in [-0.4, -0.2) is 30.2 Å². The van der Waals surface area contributed by atoms with Crippen molar-refractivity contribution in [3.8, 4) is 5.75 Å². The van der Waals surface area contributed by atoms with E-state index in [1.807, 2.05) is 0 Å². The van der Waals surface area contributed by atoms with Gasteiger partial charge in [0.15, 0.2) is 0 Å². The van der Waals surface area contributed by atoms with Crippen LogP contribution in [0.15, 0.2) is 24.3 Å². The molecule has 106 valence electrons. The van der Waals surface area contributed by atoms with E-state index in [1.165, 1.54) is 24.3 Å². The maximum absolute atomic E-state index is 12.2. The third-order valence-electron chi connectivity index (χ3n) is 2.12. The predicted octanol–water partition coefficient (Wildman–Crippen LogP) is 3.57. The lowest BCUT2D eigenvalue weighted by atomic mass is 10.2. The molecule has 0 aromatic heterocycles. The van der Waals surface area contributed by atoms with E-state index in [-0.39, 0.29) is 12.4 Å². The Bertz CT molecular complexity index is 417. The normalized spacial score (nSPS) is 12.9. The molecule has 1 atom stereocenters. The summed E-state index contributed by atoms with van der Waals surface area (Å²) < 4.78 is 46.4. The molecule has 0 aliphatic heterocycles. The number of rotatable bonds is 5. The van der Waals surface area contributed by atoms with Crippen molar-refractivity contribution in [3.63, 3.8) is 0 Å². The second kappa shape index (κ2) is 6.79. The van der Waals surface area contributed by atoms with Crippen LogP contribution < -0.4 is 4.74 Å². The average molecular weight is 341 g/mol. The molecule has 1 unspecified atom stereocenters. The molecule has 1 aromatic rings. The Balaban J connectivity index is 2.56. The first kappa shape index (κ1) is 15.8. The lowest BCUT2D eigenvalue weighted by Gasteiger charge is -2.14. The molecule has 0 bridgehead atoms. The minimum absolute atomic E-state index is 0.252. The van der Waals surface area contributed by atoms with E-state index in [4.69, 9.17) is 9.47 Å². The maximum atomic E-state index is 12.2. The Labute approximate surface area is 116 Å². The molecule has 0 fully saturated rings. The van der Waals surface area contributed by atoms with Crippen LogP contribution in [0.2, 0.25) is 0 Å². The molecule has 0 spiro atoms. The number of hydrogen-bond acceptors (Lipinski definition) is 3. The van der Waals surface area contributed by atoms with E-state index < -0.39 is 23.6 Å². The standard InChI is InChI=1S/C12H12BrF3O3/c1-2-18-11(17)8-3-5-9(6-4-8)19-7-10(13)12(14,15)16/h3-6,10H,2,7H2,1H3.